The number of hydrogen-bond donors (Lipinski definition) is 1. The third kappa shape index (κ3) is 17.5. The third-order valence-electron chi connectivity index (χ3n) is 5.90. The summed E-state index contributed by atoms with van der Waals surface area (Å²) in [7, 11) is 0. The van der Waals surface area contributed by atoms with Crippen LogP contribution in [0.2, 0.25) is 0 Å². The standard InChI is InChI=1S/C28H46FNO3/c1-2-3-4-5-6-7-8-9-10-11-12-13-14-15-16-17-18-32-23-27(31)24-33-28-20-25(22-30)19-26(29)21-28/h19-21,27,31H,2-18,23-24H2,1H3. The van der Waals surface area contributed by atoms with Crippen molar-refractivity contribution < 1.29 is 19.0 Å². The van der Waals surface area contributed by atoms with Crippen LogP contribution >= 0.6 is 0 Å². The van der Waals surface area contributed by atoms with Crippen molar-refractivity contribution in [2.75, 3.05) is 19.8 Å². The predicted octanol–water partition coefficient (Wildman–Crippen LogP) is 7.72. The van der Waals surface area contributed by atoms with Crippen LogP contribution in [0.3, 0.4) is 0 Å². The highest BCUT2D eigenvalue weighted by molar-refractivity contribution is 5.37. The second-order valence-corrected chi connectivity index (χ2v) is 9.13. The molecule has 0 radical (unpaired) electrons. The lowest BCUT2D eigenvalue weighted by atomic mass is 10.0. The number of unbranched alkanes of at least 4 members (excludes halogenated alkanes) is 15. The van der Waals surface area contributed by atoms with Gasteiger partial charge in [-0.1, -0.05) is 103 Å². The smallest absolute Gasteiger partial charge is 0.128 e. The number of benzene rings is 1. The van der Waals surface area contributed by atoms with Gasteiger partial charge >= 0.3 is 0 Å². The van der Waals surface area contributed by atoms with Crippen molar-refractivity contribution in [1.82, 2.24) is 0 Å². The van der Waals surface area contributed by atoms with Crippen molar-refractivity contribution in [2.24, 2.45) is 0 Å². The normalized spacial score (nSPS) is 11.9. The van der Waals surface area contributed by atoms with Gasteiger partial charge in [0.25, 0.3) is 0 Å². The van der Waals surface area contributed by atoms with Crippen molar-refractivity contribution in [2.45, 2.75) is 116 Å². The molecule has 0 saturated carbocycles. The van der Waals surface area contributed by atoms with Gasteiger partial charge in [0.05, 0.1) is 18.2 Å². The first kappa shape index (κ1) is 29.4. The Bertz CT molecular complexity index is 632. The largest absolute Gasteiger partial charge is 0.491 e. The van der Waals surface area contributed by atoms with Crippen molar-refractivity contribution in [3.8, 4) is 11.8 Å². The van der Waals surface area contributed by atoms with Gasteiger partial charge in [0.1, 0.15) is 24.3 Å². The summed E-state index contributed by atoms with van der Waals surface area (Å²) in [5.41, 5.74) is 0.194. The summed E-state index contributed by atoms with van der Waals surface area (Å²) in [6, 6.07) is 5.67. The Morgan fingerprint density at radius 3 is 1.82 bits per heavy atom. The number of ether oxygens (including phenoxy) is 2. The number of aliphatic hydroxyl groups excluding tert-OH is 1. The van der Waals surface area contributed by atoms with Gasteiger partial charge in [-0.25, -0.2) is 4.39 Å². The highest BCUT2D eigenvalue weighted by Gasteiger charge is 2.07. The highest BCUT2D eigenvalue weighted by Crippen LogP contribution is 2.16. The monoisotopic (exact) mass is 463 g/mol. The SMILES string of the molecule is CCCCCCCCCCCCCCCCCCOCC(O)COc1cc(F)cc(C#N)c1. The van der Waals surface area contributed by atoms with Gasteiger partial charge in [-0.2, -0.15) is 5.26 Å². The molecule has 1 rings (SSSR count). The van der Waals surface area contributed by atoms with Crippen molar-refractivity contribution in [3.05, 3.63) is 29.6 Å². The van der Waals surface area contributed by atoms with Gasteiger partial charge < -0.3 is 14.6 Å². The lowest BCUT2D eigenvalue weighted by Crippen LogP contribution is -2.23. The van der Waals surface area contributed by atoms with E-state index in [1.54, 1.807) is 0 Å². The van der Waals surface area contributed by atoms with Crippen molar-refractivity contribution in [3.63, 3.8) is 0 Å². The Morgan fingerprint density at radius 1 is 0.788 bits per heavy atom. The molecule has 0 aliphatic carbocycles. The molecule has 0 aliphatic heterocycles. The Hall–Kier alpha value is -1.64. The van der Waals surface area contributed by atoms with E-state index in [2.05, 4.69) is 6.92 Å². The van der Waals surface area contributed by atoms with Crippen LogP contribution in [0.25, 0.3) is 0 Å². The summed E-state index contributed by atoms with van der Waals surface area (Å²) in [6.07, 6.45) is 20.6. The molecule has 0 amide bonds. The van der Waals surface area contributed by atoms with E-state index in [4.69, 9.17) is 14.7 Å². The second-order valence-electron chi connectivity index (χ2n) is 9.13. The third-order valence-corrected chi connectivity index (χ3v) is 5.90. The summed E-state index contributed by atoms with van der Waals surface area (Å²) < 4.78 is 24.2. The van der Waals surface area contributed by atoms with Gasteiger partial charge in [-0.15, -0.1) is 0 Å². The van der Waals surface area contributed by atoms with E-state index in [9.17, 15) is 9.50 Å². The molecule has 0 saturated heterocycles. The molecule has 0 spiro atoms. The number of nitrogens with zero attached hydrogens (tertiary/aromatic N) is 1. The van der Waals surface area contributed by atoms with Crippen LogP contribution in [0.4, 0.5) is 4.39 Å². The predicted molar refractivity (Wildman–Crippen MR) is 133 cm³/mol. The Morgan fingerprint density at radius 2 is 1.30 bits per heavy atom. The molecule has 33 heavy (non-hydrogen) atoms. The molecule has 1 aromatic carbocycles. The fourth-order valence-electron chi connectivity index (χ4n) is 3.92. The molecule has 0 bridgehead atoms. The first-order valence-corrected chi connectivity index (χ1v) is 13.2. The Labute approximate surface area is 201 Å². The summed E-state index contributed by atoms with van der Waals surface area (Å²) >= 11 is 0. The van der Waals surface area contributed by atoms with Gasteiger partial charge in [-0.3, -0.25) is 0 Å². The molecule has 1 aromatic rings. The molecular weight excluding hydrogens is 417 g/mol. The summed E-state index contributed by atoms with van der Waals surface area (Å²) in [4.78, 5) is 0. The van der Waals surface area contributed by atoms with Crippen LogP contribution in [0, 0.1) is 17.1 Å². The molecule has 1 N–H and O–H groups in total. The van der Waals surface area contributed by atoms with Crippen LogP contribution in [0.15, 0.2) is 18.2 Å². The fourth-order valence-corrected chi connectivity index (χ4v) is 3.92. The fraction of sp³-hybridized carbons (Fsp3) is 0.750. The van der Waals surface area contributed by atoms with Crippen molar-refractivity contribution >= 4 is 0 Å². The first-order valence-electron chi connectivity index (χ1n) is 13.2. The zero-order chi connectivity index (χ0) is 24.0. The van der Waals surface area contributed by atoms with Gasteiger partial charge in [0.2, 0.25) is 0 Å². The molecule has 188 valence electrons. The van der Waals surface area contributed by atoms with E-state index >= 15 is 0 Å². The average molecular weight is 464 g/mol. The zero-order valence-corrected chi connectivity index (χ0v) is 20.8. The maximum Gasteiger partial charge on any atom is 0.128 e. The number of hydrogen-bond acceptors (Lipinski definition) is 4. The lowest BCUT2D eigenvalue weighted by molar-refractivity contribution is 0.0109. The van der Waals surface area contributed by atoms with Gasteiger partial charge in [0.15, 0.2) is 0 Å². The minimum Gasteiger partial charge on any atom is -0.491 e. The lowest BCUT2D eigenvalue weighted by Gasteiger charge is -2.13. The first-order chi connectivity index (χ1) is 16.2. The van der Waals surface area contributed by atoms with Gasteiger partial charge in [0, 0.05) is 12.7 Å². The maximum atomic E-state index is 13.4. The summed E-state index contributed by atoms with van der Waals surface area (Å²) in [6.45, 7) is 3.11. The quantitative estimate of drug-likeness (QED) is 0.179. The Balaban J connectivity index is 1.83. The van der Waals surface area contributed by atoms with Gasteiger partial charge in [-0.05, 0) is 18.6 Å². The Kier molecular flexibility index (Phi) is 18.6. The molecule has 4 nitrogen and oxygen atoms in total. The van der Waals surface area contributed by atoms with E-state index < -0.39 is 11.9 Å². The zero-order valence-electron chi connectivity index (χ0n) is 20.8. The van der Waals surface area contributed by atoms with Crippen molar-refractivity contribution in [1.29, 1.82) is 5.26 Å². The van der Waals surface area contributed by atoms with Crippen LogP contribution in [-0.2, 0) is 4.74 Å². The molecule has 1 atom stereocenters. The van der Waals surface area contributed by atoms with Crippen LogP contribution < -0.4 is 4.74 Å². The average Bonchev–Trinajstić information content (AvgIpc) is 2.81. The van der Waals surface area contributed by atoms with E-state index in [1.165, 1.54) is 102 Å². The van der Waals surface area contributed by atoms with Crippen LogP contribution in [-0.4, -0.2) is 31.0 Å². The highest BCUT2D eigenvalue weighted by atomic mass is 19.1. The molecule has 0 heterocycles. The minimum atomic E-state index is -0.778. The maximum absolute atomic E-state index is 13.4. The minimum absolute atomic E-state index is 0.00722. The van der Waals surface area contributed by atoms with Crippen LogP contribution in [0.5, 0.6) is 5.75 Å². The number of rotatable bonds is 22. The van der Waals surface area contributed by atoms with E-state index in [1.807, 2.05) is 6.07 Å². The molecular formula is C28H46FNO3. The van der Waals surface area contributed by atoms with E-state index in [-0.39, 0.29) is 24.5 Å². The van der Waals surface area contributed by atoms with E-state index in [0.717, 1.165) is 18.9 Å². The molecule has 0 fully saturated rings. The molecule has 1 unspecified atom stereocenters. The topological polar surface area (TPSA) is 62.5 Å². The van der Waals surface area contributed by atoms with Crippen LogP contribution in [0.1, 0.15) is 115 Å². The second kappa shape index (κ2) is 20.9. The molecule has 0 aliphatic rings. The summed E-state index contributed by atoms with van der Waals surface area (Å²) in [5, 5.41) is 18.8. The number of halogens is 1. The number of nitriles is 1. The van der Waals surface area contributed by atoms with E-state index in [0.29, 0.717) is 6.61 Å². The molecule has 0 aromatic heterocycles. The summed E-state index contributed by atoms with van der Waals surface area (Å²) in [5.74, 6) is -0.290. The number of aliphatic hydroxyl groups is 1. The molecule has 5 heteroatoms.